The summed E-state index contributed by atoms with van der Waals surface area (Å²) >= 11 is 13.1. The Balaban J connectivity index is 1.83. The van der Waals surface area contributed by atoms with Gasteiger partial charge in [0.05, 0.1) is 5.69 Å². The molecule has 2 aromatic carbocycles. The second kappa shape index (κ2) is 10.7. The van der Waals surface area contributed by atoms with Gasteiger partial charge in [-0.15, -0.1) is 0 Å². The minimum atomic E-state index is -1.25. The van der Waals surface area contributed by atoms with Crippen LogP contribution in [0, 0.1) is 5.82 Å². The van der Waals surface area contributed by atoms with E-state index in [9.17, 15) is 14.7 Å². The number of anilines is 1. The summed E-state index contributed by atoms with van der Waals surface area (Å²) < 4.78 is 19.2. The lowest BCUT2D eigenvalue weighted by Gasteiger charge is -2.33. The minimum Gasteiger partial charge on any atom is -0.508 e. The zero-order valence-corrected chi connectivity index (χ0v) is 20.3. The SMILES string of the molecule is O=C(NC1CCCCC1)[C@H](c1ccc(O)cc1)N(C(=O)c1nsc(Cl)c1Cl)c1ccccc1F. The van der Waals surface area contributed by atoms with Crippen LogP contribution in [0.5, 0.6) is 5.75 Å². The zero-order valence-electron chi connectivity index (χ0n) is 18.0. The number of para-hydroxylation sites is 1. The number of hydrogen-bond donors (Lipinski definition) is 2. The zero-order chi connectivity index (χ0) is 24.2. The fraction of sp³-hybridized carbons (Fsp3) is 0.292. The highest BCUT2D eigenvalue weighted by atomic mass is 35.5. The normalized spacial score (nSPS) is 15.0. The van der Waals surface area contributed by atoms with Crippen molar-refractivity contribution in [3.63, 3.8) is 0 Å². The third kappa shape index (κ3) is 5.19. The van der Waals surface area contributed by atoms with Crippen molar-refractivity contribution < 1.29 is 19.1 Å². The molecule has 0 aliphatic heterocycles. The van der Waals surface area contributed by atoms with Gasteiger partial charge >= 0.3 is 0 Å². The number of carbonyl (C=O) groups is 2. The molecule has 178 valence electrons. The third-order valence-corrected chi connectivity index (χ3v) is 7.41. The molecule has 2 N–H and O–H groups in total. The van der Waals surface area contributed by atoms with Crippen LogP contribution >= 0.6 is 34.7 Å². The Morgan fingerprint density at radius 2 is 1.76 bits per heavy atom. The van der Waals surface area contributed by atoms with Crippen LogP contribution in [0.1, 0.15) is 54.2 Å². The number of halogens is 3. The van der Waals surface area contributed by atoms with Crippen molar-refractivity contribution in [2.45, 2.75) is 44.2 Å². The highest BCUT2D eigenvalue weighted by Gasteiger charge is 2.37. The Morgan fingerprint density at radius 1 is 1.09 bits per heavy atom. The van der Waals surface area contributed by atoms with Gasteiger partial charge in [-0.3, -0.25) is 14.5 Å². The lowest BCUT2D eigenvalue weighted by Crippen LogP contribution is -2.47. The lowest BCUT2D eigenvalue weighted by molar-refractivity contribution is -0.123. The van der Waals surface area contributed by atoms with Gasteiger partial charge in [0.25, 0.3) is 5.91 Å². The second-order valence-electron chi connectivity index (χ2n) is 8.08. The van der Waals surface area contributed by atoms with Crippen molar-refractivity contribution in [1.82, 2.24) is 9.69 Å². The number of aromatic hydroxyl groups is 1. The molecule has 1 aliphatic rings. The van der Waals surface area contributed by atoms with E-state index in [2.05, 4.69) is 9.69 Å². The number of hydrogen-bond acceptors (Lipinski definition) is 5. The smallest absolute Gasteiger partial charge is 0.280 e. The Morgan fingerprint density at radius 3 is 2.38 bits per heavy atom. The van der Waals surface area contributed by atoms with Crippen molar-refractivity contribution in [2.24, 2.45) is 0 Å². The van der Waals surface area contributed by atoms with Crippen molar-refractivity contribution in [2.75, 3.05) is 4.90 Å². The largest absolute Gasteiger partial charge is 0.508 e. The summed E-state index contributed by atoms with van der Waals surface area (Å²) in [5.74, 6) is -1.93. The molecule has 0 radical (unpaired) electrons. The summed E-state index contributed by atoms with van der Waals surface area (Å²) in [6.07, 6.45) is 4.76. The van der Waals surface area contributed by atoms with Crippen molar-refractivity contribution in [1.29, 1.82) is 0 Å². The van der Waals surface area contributed by atoms with E-state index in [1.54, 1.807) is 6.07 Å². The summed E-state index contributed by atoms with van der Waals surface area (Å²) in [4.78, 5) is 28.5. The summed E-state index contributed by atoms with van der Waals surface area (Å²) in [6, 6.07) is 10.3. The maximum absolute atomic E-state index is 15.0. The van der Waals surface area contributed by atoms with Crippen molar-refractivity contribution in [3.05, 3.63) is 75.0 Å². The first-order chi connectivity index (χ1) is 16.4. The van der Waals surface area contributed by atoms with Gasteiger partial charge in [0.2, 0.25) is 5.91 Å². The van der Waals surface area contributed by atoms with E-state index in [4.69, 9.17) is 23.2 Å². The molecular weight excluding hydrogens is 500 g/mol. The van der Waals surface area contributed by atoms with Gasteiger partial charge in [0, 0.05) is 6.04 Å². The van der Waals surface area contributed by atoms with Crippen LogP contribution in [0.4, 0.5) is 10.1 Å². The number of amides is 2. The Kier molecular flexibility index (Phi) is 7.70. The molecule has 34 heavy (non-hydrogen) atoms. The highest BCUT2D eigenvalue weighted by Crippen LogP contribution is 2.36. The van der Waals surface area contributed by atoms with E-state index in [-0.39, 0.29) is 32.5 Å². The maximum atomic E-state index is 15.0. The van der Waals surface area contributed by atoms with Crippen LogP contribution in [0.15, 0.2) is 48.5 Å². The maximum Gasteiger partial charge on any atom is 0.280 e. The van der Waals surface area contributed by atoms with Crippen LogP contribution in [0.2, 0.25) is 9.36 Å². The molecule has 0 bridgehead atoms. The molecule has 6 nitrogen and oxygen atoms in total. The number of carbonyl (C=O) groups excluding carboxylic acids is 2. The first-order valence-corrected chi connectivity index (χ1v) is 12.4. The van der Waals surface area contributed by atoms with Crippen molar-refractivity contribution >= 4 is 52.2 Å². The van der Waals surface area contributed by atoms with Gasteiger partial charge < -0.3 is 10.4 Å². The standard InChI is InChI=1S/C24H22Cl2FN3O3S/c25-19-20(29-34-22(19)26)24(33)30(18-9-5-4-8-17(18)27)21(14-10-12-16(31)13-11-14)23(32)28-15-6-2-1-3-7-15/h4-5,8-13,15,21,31H,1-3,6-7H2,(H,28,32)/t21-/m0/s1. The predicted octanol–water partition coefficient (Wildman–Crippen LogP) is 6.13. The average Bonchev–Trinajstić information content (AvgIpc) is 3.17. The Hall–Kier alpha value is -2.68. The van der Waals surface area contributed by atoms with Gasteiger partial charge in [-0.25, -0.2) is 4.39 Å². The minimum absolute atomic E-state index is 0.00622. The second-order valence-corrected chi connectivity index (χ2v) is 9.84. The molecule has 1 heterocycles. The number of aromatic nitrogens is 1. The third-order valence-electron chi connectivity index (χ3n) is 5.80. The molecule has 3 aromatic rings. The summed E-state index contributed by atoms with van der Waals surface area (Å²) in [5.41, 5.74) is 0.110. The molecule has 1 atom stereocenters. The van der Waals surface area contributed by atoms with E-state index in [1.165, 1.54) is 42.5 Å². The highest BCUT2D eigenvalue weighted by molar-refractivity contribution is 7.11. The first kappa shape index (κ1) is 24.4. The van der Waals surface area contributed by atoms with Crippen LogP contribution in [-0.4, -0.2) is 27.3 Å². The Labute approximate surface area is 210 Å². The molecule has 1 aromatic heterocycles. The monoisotopic (exact) mass is 521 g/mol. The molecule has 0 unspecified atom stereocenters. The number of benzene rings is 2. The van der Waals surface area contributed by atoms with E-state index in [0.29, 0.717) is 5.56 Å². The average molecular weight is 522 g/mol. The van der Waals surface area contributed by atoms with E-state index in [0.717, 1.165) is 48.5 Å². The van der Waals surface area contributed by atoms with Gasteiger partial charge in [0.1, 0.15) is 27.0 Å². The number of phenolic OH excluding ortho intramolecular Hbond substituents is 1. The summed E-state index contributed by atoms with van der Waals surface area (Å²) in [5, 5.41) is 12.8. The molecule has 10 heteroatoms. The Bertz CT molecular complexity index is 1180. The topological polar surface area (TPSA) is 82.5 Å². The number of phenols is 1. The van der Waals surface area contributed by atoms with Crippen LogP contribution in [0.3, 0.4) is 0 Å². The van der Waals surface area contributed by atoms with E-state index >= 15 is 4.39 Å². The van der Waals surface area contributed by atoms with Gasteiger partial charge in [-0.1, -0.05) is 66.7 Å². The molecule has 1 saturated carbocycles. The van der Waals surface area contributed by atoms with Gasteiger partial charge in [0.15, 0.2) is 5.69 Å². The molecule has 1 aliphatic carbocycles. The number of rotatable bonds is 6. The molecule has 2 amide bonds. The van der Waals surface area contributed by atoms with E-state index < -0.39 is 23.7 Å². The van der Waals surface area contributed by atoms with Crippen LogP contribution in [-0.2, 0) is 4.79 Å². The quantitative estimate of drug-likeness (QED) is 0.408. The van der Waals surface area contributed by atoms with Crippen molar-refractivity contribution in [3.8, 4) is 5.75 Å². The predicted molar refractivity (Wildman–Crippen MR) is 131 cm³/mol. The number of nitrogens with one attached hydrogen (secondary N) is 1. The van der Waals surface area contributed by atoms with Crippen LogP contribution < -0.4 is 10.2 Å². The molecule has 0 saturated heterocycles. The fourth-order valence-corrected chi connectivity index (χ4v) is 5.11. The molecule has 1 fully saturated rings. The molecule has 0 spiro atoms. The van der Waals surface area contributed by atoms with Gasteiger partial charge in [-0.2, -0.15) is 4.37 Å². The van der Waals surface area contributed by atoms with Gasteiger partial charge in [-0.05, 0) is 54.2 Å². The van der Waals surface area contributed by atoms with Crippen LogP contribution in [0.25, 0.3) is 0 Å². The fourth-order valence-electron chi connectivity index (χ4n) is 4.12. The summed E-state index contributed by atoms with van der Waals surface area (Å²) in [6.45, 7) is 0. The lowest BCUT2D eigenvalue weighted by atomic mass is 9.94. The van der Waals surface area contributed by atoms with E-state index in [1.807, 2.05) is 0 Å². The molecular formula is C24H22Cl2FN3O3S. The molecule has 4 rings (SSSR count). The summed E-state index contributed by atoms with van der Waals surface area (Å²) in [7, 11) is 0. The number of nitrogens with zero attached hydrogens (tertiary/aromatic N) is 2. The first-order valence-electron chi connectivity index (χ1n) is 10.8.